The minimum absolute atomic E-state index is 0.152. The molecule has 1 saturated heterocycles. The third-order valence-corrected chi connectivity index (χ3v) is 5.35. The summed E-state index contributed by atoms with van der Waals surface area (Å²) in [5.74, 6) is 0.867. The first-order valence-electron chi connectivity index (χ1n) is 8.57. The maximum absolute atomic E-state index is 9.55. The number of aliphatic hydroxyl groups is 1. The molecule has 1 aromatic carbocycles. The van der Waals surface area contributed by atoms with Gasteiger partial charge in [0.15, 0.2) is 0 Å². The van der Waals surface area contributed by atoms with Gasteiger partial charge in [0.25, 0.3) is 0 Å². The quantitative estimate of drug-likeness (QED) is 0.871. The molecule has 5 heteroatoms. The van der Waals surface area contributed by atoms with Gasteiger partial charge in [0.1, 0.15) is 5.75 Å². The van der Waals surface area contributed by atoms with Crippen molar-refractivity contribution in [3.05, 3.63) is 24.3 Å². The molecular weight excluding hydrogens is 291 g/mol. The number of benzene rings is 1. The molecular formula is C18H27BO4. The zero-order valence-electron chi connectivity index (χ0n) is 14.5. The van der Waals surface area contributed by atoms with Crippen LogP contribution in [-0.2, 0) is 9.31 Å². The van der Waals surface area contributed by atoms with Crippen LogP contribution in [0.4, 0.5) is 0 Å². The monoisotopic (exact) mass is 318 g/mol. The fourth-order valence-corrected chi connectivity index (χ4v) is 3.04. The molecule has 0 bridgehead atoms. The molecule has 126 valence electrons. The zero-order valence-corrected chi connectivity index (χ0v) is 14.5. The smallest absolute Gasteiger partial charge is 0.490 e. The van der Waals surface area contributed by atoms with Crippen LogP contribution in [0.3, 0.4) is 0 Å². The fourth-order valence-electron chi connectivity index (χ4n) is 3.04. The Labute approximate surface area is 139 Å². The third kappa shape index (κ3) is 3.57. The summed E-state index contributed by atoms with van der Waals surface area (Å²) in [5.41, 5.74) is 0.362. The SMILES string of the molecule is CC1(C)OB(c2ccc(OC3CCC(O)CC3)cc2)OC1(C)C. The van der Waals surface area contributed by atoms with Crippen molar-refractivity contribution in [2.24, 2.45) is 0 Å². The van der Waals surface area contributed by atoms with Crippen molar-refractivity contribution < 1.29 is 19.2 Å². The van der Waals surface area contributed by atoms with Crippen molar-refractivity contribution in [2.75, 3.05) is 0 Å². The van der Waals surface area contributed by atoms with Gasteiger partial charge in [-0.25, -0.2) is 0 Å². The molecule has 0 unspecified atom stereocenters. The predicted octanol–water partition coefficient (Wildman–Crippen LogP) is 2.67. The van der Waals surface area contributed by atoms with Crippen LogP contribution in [-0.4, -0.2) is 35.6 Å². The molecule has 0 spiro atoms. The van der Waals surface area contributed by atoms with E-state index in [0.29, 0.717) is 0 Å². The summed E-state index contributed by atoms with van der Waals surface area (Å²) in [6.07, 6.45) is 3.55. The number of aliphatic hydroxyl groups excluding tert-OH is 1. The molecule has 2 aliphatic rings. The highest BCUT2D eigenvalue weighted by Crippen LogP contribution is 2.36. The van der Waals surface area contributed by atoms with Gasteiger partial charge in [0.05, 0.1) is 23.4 Å². The molecule has 1 saturated carbocycles. The van der Waals surface area contributed by atoms with Gasteiger partial charge in [0.2, 0.25) is 0 Å². The molecule has 1 aromatic rings. The van der Waals surface area contributed by atoms with Crippen LogP contribution in [0.1, 0.15) is 53.4 Å². The lowest BCUT2D eigenvalue weighted by Gasteiger charge is -2.32. The van der Waals surface area contributed by atoms with Crippen LogP contribution in [0.5, 0.6) is 5.75 Å². The Morgan fingerprint density at radius 3 is 2.00 bits per heavy atom. The highest BCUT2D eigenvalue weighted by Gasteiger charge is 2.51. The van der Waals surface area contributed by atoms with Crippen molar-refractivity contribution in [1.29, 1.82) is 0 Å². The summed E-state index contributed by atoms with van der Waals surface area (Å²) in [7, 11) is -0.334. The van der Waals surface area contributed by atoms with Crippen molar-refractivity contribution >= 4 is 12.6 Å². The average molecular weight is 318 g/mol. The lowest BCUT2D eigenvalue weighted by Crippen LogP contribution is -2.41. The third-order valence-electron chi connectivity index (χ3n) is 5.35. The largest absolute Gasteiger partial charge is 0.494 e. The van der Waals surface area contributed by atoms with E-state index in [4.69, 9.17) is 14.0 Å². The van der Waals surface area contributed by atoms with Crippen LogP contribution in [0.2, 0.25) is 0 Å². The van der Waals surface area contributed by atoms with Gasteiger partial charge in [-0.2, -0.15) is 0 Å². The van der Waals surface area contributed by atoms with Gasteiger partial charge in [-0.05, 0) is 71.0 Å². The van der Waals surface area contributed by atoms with E-state index in [0.717, 1.165) is 36.9 Å². The summed E-state index contributed by atoms with van der Waals surface area (Å²) < 4.78 is 18.1. The van der Waals surface area contributed by atoms with E-state index in [9.17, 15) is 5.11 Å². The Morgan fingerprint density at radius 1 is 0.957 bits per heavy atom. The summed E-state index contributed by atoms with van der Waals surface area (Å²) in [6, 6.07) is 7.97. The number of hydrogen-bond acceptors (Lipinski definition) is 4. The van der Waals surface area contributed by atoms with Gasteiger partial charge in [0, 0.05) is 0 Å². The van der Waals surface area contributed by atoms with Gasteiger partial charge in [-0.15, -0.1) is 0 Å². The van der Waals surface area contributed by atoms with Crippen LogP contribution >= 0.6 is 0 Å². The Balaban J connectivity index is 1.62. The Bertz CT molecular complexity index is 516. The molecule has 1 N–H and O–H groups in total. The lowest BCUT2D eigenvalue weighted by atomic mass is 9.79. The fraction of sp³-hybridized carbons (Fsp3) is 0.667. The highest BCUT2D eigenvalue weighted by atomic mass is 16.7. The number of hydrogen-bond donors (Lipinski definition) is 1. The van der Waals surface area contributed by atoms with Gasteiger partial charge in [-0.1, -0.05) is 12.1 Å². The van der Waals surface area contributed by atoms with E-state index >= 15 is 0 Å². The van der Waals surface area contributed by atoms with Crippen molar-refractivity contribution in [1.82, 2.24) is 0 Å². The maximum Gasteiger partial charge on any atom is 0.494 e. The molecule has 1 heterocycles. The second-order valence-electron chi connectivity index (χ2n) is 7.71. The number of rotatable bonds is 3. The molecule has 4 nitrogen and oxygen atoms in total. The molecule has 0 aromatic heterocycles. The van der Waals surface area contributed by atoms with Gasteiger partial charge >= 0.3 is 7.12 Å². The van der Waals surface area contributed by atoms with Crippen molar-refractivity contribution in [3.63, 3.8) is 0 Å². The van der Waals surface area contributed by atoms with Crippen LogP contribution in [0.25, 0.3) is 0 Å². The normalized spacial score (nSPS) is 29.5. The molecule has 3 rings (SSSR count). The van der Waals surface area contributed by atoms with E-state index in [2.05, 4.69) is 27.7 Å². The van der Waals surface area contributed by atoms with E-state index in [1.54, 1.807) is 0 Å². The highest BCUT2D eigenvalue weighted by molar-refractivity contribution is 6.62. The second-order valence-corrected chi connectivity index (χ2v) is 7.71. The molecule has 0 atom stereocenters. The second kappa shape index (κ2) is 6.12. The predicted molar refractivity (Wildman–Crippen MR) is 91.0 cm³/mol. The molecule has 2 fully saturated rings. The molecule has 1 aliphatic carbocycles. The summed E-state index contributed by atoms with van der Waals surface area (Å²) >= 11 is 0. The van der Waals surface area contributed by atoms with E-state index < -0.39 is 0 Å². The van der Waals surface area contributed by atoms with Crippen LogP contribution in [0, 0.1) is 0 Å². The summed E-state index contributed by atoms with van der Waals surface area (Å²) in [5, 5.41) is 9.55. The molecule has 0 radical (unpaired) electrons. The molecule has 23 heavy (non-hydrogen) atoms. The van der Waals surface area contributed by atoms with Crippen LogP contribution < -0.4 is 10.2 Å². The minimum atomic E-state index is -0.334. The van der Waals surface area contributed by atoms with Gasteiger partial charge < -0.3 is 19.2 Å². The number of ether oxygens (including phenoxy) is 1. The first kappa shape index (κ1) is 16.8. The lowest BCUT2D eigenvalue weighted by molar-refractivity contribution is 0.00578. The summed E-state index contributed by atoms with van der Waals surface area (Å²) in [4.78, 5) is 0. The maximum atomic E-state index is 9.55. The first-order valence-corrected chi connectivity index (χ1v) is 8.57. The van der Waals surface area contributed by atoms with Gasteiger partial charge in [-0.3, -0.25) is 0 Å². The minimum Gasteiger partial charge on any atom is -0.490 e. The van der Waals surface area contributed by atoms with Crippen LogP contribution in [0.15, 0.2) is 24.3 Å². The standard InChI is InChI=1S/C18H27BO4/c1-17(2)18(3,4)23-19(22-17)13-5-9-15(10-6-13)21-16-11-7-14(20)8-12-16/h5-6,9-10,14,16,20H,7-8,11-12H2,1-4H3. The van der Waals surface area contributed by atoms with Crippen molar-refractivity contribution in [3.8, 4) is 5.75 Å². The Morgan fingerprint density at radius 2 is 1.48 bits per heavy atom. The van der Waals surface area contributed by atoms with Crippen molar-refractivity contribution in [2.45, 2.75) is 76.8 Å². The molecule has 0 amide bonds. The van der Waals surface area contributed by atoms with E-state index in [1.807, 2.05) is 24.3 Å². The Kier molecular flexibility index (Phi) is 4.47. The van der Waals surface area contributed by atoms with E-state index in [-0.39, 0.29) is 30.5 Å². The average Bonchev–Trinajstić information content (AvgIpc) is 2.71. The topological polar surface area (TPSA) is 47.9 Å². The zero-order chi connectivity index (χ0) is 16.7. The Hall–Kier alpha value is -1.04. The molecule has 1 aliphatic heterocycles. The first-order chi connectivity index (χ1) is 10.8. The summed E-state index contributed by atoms with van der Waals surface area (Å²) in [6.45, 7) is 8.23. The van der Waals surface area contributed by atoms with E-state index in [1.165, 1.54) is 0 Å².